The normalized spacial score (nSPS) is 18.4. The van der Waals surface area contributed by atoms with Crippen molar-refractivity contribution >= 4 is 5.97 Å². The number of carbonyl (C=O) groups is 1. The van der Waals surface area contributed by atoms with E-state index in [0.717, 1.165) is 12.8 Å². The average molecular weight is 266 g/mol. The van der Waals surface area contributed by atoms with Gasteiger partial charge >= 0.3 is 5.97 Å². The maximum absolute atomic E-state index is 12.0. The fourth-order valence-corrected chi connectivity index (χ4v) is 2.39. The number of aromatic nitrogens is 2. The van der Waals surface area contributed by atoms with E-state index in [4.69, 9.17) is 4.74 Å². The van der Waals surface area contributed by atoms with E-state index in [1.807, 2.05) is 18.4 Å². The van der Waals surface area contributed by atoms with Crippen molar-refractivity contribution in [2.24, 2.45) is 11.8 Å². The Morgan fingerprint density at radius 2 is 2.26 bits per heavy atom. The Morgan fingerprint density at radius 3 is 2.79 bits per heavy atom. The van der Waals surface area contributed by atoms with Crippen molar-refractivity contribution in [1.29, 1.82) is 0 Å². The number of esters is 1. The second-order valence-corrected chi connectivity index (χ2v) is 5.42. The maximum atomic E-state index is 12.0. The Kier molecular flexibility index (Phi) is 4.24. The molecule has 5 heteroatoms. The predicted molar refractivity (Wildman–Crippen MR) is 70.4 cm³/mol. The third kappa shape index (κ3) is 2.97. The molecular formula is C14H22N2O3. The molecule has 0 amide bonds. The third-order valence-corrected chi connectivity index (χ3v) is 3.56. The zero-order valence-electron chi connectivity index (χ0n) is 11.7. The number of rotatable bonds is 6. The van der Waals surface area contributed by atoms with Crippen LogP contribution in [0.15, 0.2) is 12.5 Å². The van der Waals surface area contributed by atoms with Gasteiger partial charge in [0.05, 0.1) is 30.7 Å². The molecule has 1 heterocycles. The molecule has 19 heavy (non-hydrogen) atoms. The second-order valence-electron chi connectivity index (χ2n) is 5.42. The number of ether oxygens (including phenoxy) is 1. The van der Waals surface area contributed by atoms with Gasteiger partial charge in [0.2, 0.25) is 0 Å². The Balaban J connectivity index is 2.20. The molecule has 0 radical (unpaired) electrons. The summed E-state index contributed by atoms with van der Waals surface area (Å²) in [6, 6.07) is 0.433. The highest BCUT2D eigenvalue weighted by Gasteiger charge is 2.36. The quantitative estimate of drug-likeness (QED) is 0.801. The summed E-state index contributed by atoms with van der Waals surface area (Å²) in [7, 11) is 0. The minimum absolute atomic E-state index is 0.0107. The second kappa shape index (κ2) is 5.74. The molecule has 2 unspecified atom stereocenters. The molecule has 1 aromatic rings. The summed E-state index contributed by atoms with van der Waals surface area (Å²) in [4.78, 5) is 16.1. The van der Waals surface area contributed by atoms with Gasteiger partial charge in [-0.3, -0.25) is 4.79 Å². The van der Waals surface area contributed by atoms with Gasteiger partial charge in [0.1, 0.15) is 6.10 Å². The van der Waals surface area contributed by atoms with Crippen LogP contribution in [0.1, 0.15) is 51.5 Å². The molecule has 0 aromatic carbocycles. The van der Waals surface area contributed by atoms with Crippen LogP contribution in [0.2, 0.25) is 0 Å². The molecule has 0 aliphatic heterocycles. The molecule has 0 spiro atoms. The number of hydrogen-bond donors (Lipinski definition) is 1. The van der Waals surface area contributed by atoms with Gasteiger partial charge in [-0.2, -0.15) is 0 Å². The van der Waals surface area contributed by atoms with Gasteiger partial charge in [-0.05, 0) is 25.7 Å². The van der Waals surface area contributed by atoms with Gasteiger partial charge in [0.25, 0.3) is 0 Å². The molecule has 1 fully saturated rings. The fourth-order valence-electron chi connectivity index (χ4n) is 2.39. The Bertz CT molecular complexity index is 438. The van der Waals surface area contributed by atoms with Crippen molar-refractivity contribution in [1.82, 2.24) is 9.55 Å². The average Bonchev–Trinajstić information content (AvgIpc) is 3.06. The van der Waals surface area contributed by atoms with Gasteiger partial charge < -0.3 is 14.4 Å². The lowest BCUT2D eigenvalue weighted by atomic mass is 9.88. The van der Waals surface area contributed by atoms with Crippen LogP contribution in [0.25, 0.3) is 0 Å². The highest BCUT2D eigenvalue weighted by atomic mass is 16.5. The molecule has 2 atom stereocenters. The van der Waals surface area contributed by atoms with Gasteiger partial charge in [-0.15, -0.1) is 0 Å². The molecule has 1 aromatic heterocycles. The highest BCUT2D eigenvalue weighted by Crippen LogP contribution is 2.39. The monoisotopic (exact) mass is 266 g/mol. The zero-order valence-corrected chi connectivity index (χ0v) is 11.7. The first kappa shape index (κ1) is 14.1. The molecule has 1 N–H and O–H groups in total. The van der Waals surface area contributed by atoms with Crippen molar-refractivity contribution in [3.63, 3.8) is 0 Å². The van der Waals surface area contributed by atoms with Crippen molar-refractivity contribution in [3.05, 3.63) is 18.2 Å². The van der Waals surface area contributed by atoms with Crippen molar-refractivity contribution in [2.45, 2.75) is 45.8 Å². The summed E-state index contributed by atoms with van der Waals surface area (Å²) in [6.45, 7) is 5.94. The first-order valence-electron chi connectivity index (χ1n) is 6.92. The van der Waals surface area contributed by atoms with Gasteiger partial charge in [-0.25, -0.2) is 4.98 Å². The van der Waals surface area contributed by atoms with Crippen LogP contribution in [0.4, 0.5) is 0 Å². The van der Waals surface area contributed by atoms with Crippen LogP contribution >= 0.6 is 0 Å². The summed E-state index contributed by atoms with van der Waals surface area (Å²) in [6.07, 6.45) is 4.75. The molecular weight excluding hydrogens is 244 g/mol. The van der Waals surface area contributed by atoms with Crippen LogP contribution in [0.3, 0.4) is 0 Å². The third-order valence-electron chi connectivity index (χ3n) is 3.56. The lowest BCUT2D eigenvalue weighted by Gasteiger charge is -2.25. The van der Waals surface area contributed by atoms with Gasteiger partial charge in [-0.1, -0.05) is 13.8 Å². The van der Waals surface area contributed by atoms with Gasteiger partial charge in [0.15, 0.2) is 0 Å². The van der Waals surface area contributed by atoms with Crippen LogP contribution in [0.5, 0.6) is 0 Å². The molecule has 5 nitrogen and oxygen atoms in total. The molecule has 1 aliphatic carbocycles. The molecule has 106 valence electrons. The molecule has 2 rings (SSSR count). The minimum Gasteiger partial charge on any atom is -0.466 e. The number of imidazole rings is 1. The van der Waals surface area contributed by atoms with Crippen molar-refractivity contribution in [2.75, 3.05) is 6.61 Å². The SMILES string of the molecule is CCOC(=O)C(C(C)C)C(O)c1cncn1C1CC1. The van der Waals surface area contributed by atoms with Crippen molar-refractivity contribution in [3.8, 4) is 0 Å². The lowest BCUT2D eigenvalue weighted by Crippen LogP contribution is -2.30. The van der Waals surface area contributed by atoms with Crippen LogP contribution in [-0.2, 0) is 9.53 Å². The maximum Gasteiger partial charge on any atom is 0.312 e. The van der Waals surface area contributed by atoms with E-state index in [2.05, 4.69) is 4.98 Å². The van der Waals surface area contributed by atoms with Crippen LogP contribution in [0, 0.1) is 11.8 Å². The molecule has 0 bridgehead atoms. The van der Waals surface area contributed by atoms with Crippen molar-refractivity contribution < 1.29 is 14.6 Å². The smallest absolute Gasteiger partial charge is 0.312 e. The van der Waals surface area contributed by atoms with Crippen LogP contribution < -0.4 is 0 Å². The molecule has 0 saturated heterocycles. The number of carbonyl (C=O) groups excluding carboxylic acids is 1. The van der Waals surface area contributed by atoms with Crippen LogP contribution in [-0.4, -0.2) is 27.2 Å². The van der Waals surface area contributed by atoms with E-state index < -0.39 is 12.0 Å². The topological polar surface area (TPSA) is 64.3 Å². The Morgan fingerprint density at radius 1 is 1.58 bits per heavy atom. The Labute approximate surface area is 113 Å². The predicted octanol–water partition coefficient (Wildman–Crippen LogP) is 2.09. The van der Waals surface area contributed by atoms with Gasteiger partial charge in [0, 0.05) is 6.04 Å². The zero-order chi connectivity index (χ0) is 14.0. The fraction of sp³-hybridized carbons (Fsp3) is 0.714. The van der Waals surface area contributed by atoms with E-state index in [-0.39, 0.29) is 11.9 Å². The Hall–Kier alpha value is -1.36. The number of hydrogen-bond acceptors (Lipinski definition) is 4. The molecule has 1 aliphatic rings. The summed E-state index contributed by atoms with van der Waals surface area (Å²) in [5, 5.41) is 10.5. The standard InChI is InChI=1S/C14H22N2O3/c1-4-19-14(18)12(9(2)3)13(17)11-7-15-8-16(11)10-5-6-10/h7-10,12-13,17H,4-6H2,1-3H3. The first-order valence-corrected chi connectivity index (χ1v) is 6.92. The van der Waals surface area contributed by atoms with E-state index in [9.17, 15) is 9.90 Å². The number of aliphatic hydroxyl groups excluding tert-OH is 1. The summed E-state index contributed by atoms with van der Waals surface area (Å²) < 4.78 is 7.06. The van der Waals surface area contributed by atoms with E-state index >= 15 is 0 Å². The number of nitrogens with zero attached hydrogens (tertiary/aromatic N) is 2. The largest absolute Gasteiger partial charge is 0.466 e. The lowest BCUT2D eigenvalue weighted by molar-refractivity contribution is -0.154. The summed E-state index contributed by atoms with van der Waals surface area (Å²) >= 11 is 0. The van der Waals surface area contributed by atoms with E-state index in [0.29, 0.717) is 18.3 Å². The first-order chi connectivity index (χ1) is 9.06. The number of aliphatic hydroxyl groups is 1. The highest BCUT2D eigenvalue weighted by molar-refractivity contribution is 5.73. The van der Waals surface area contributed by atoms with E-state index in [1.54, 1.807) is 19.4 Å². The molecule has 1 saturated carbocycles. The van der Waals surface area contributed by atoms with E-state index in [1.165, 1.54) is 0 Å². The minimum atomic E-state index is -0.859. The summed E-state index contributed by atoms with van der Waals surface area (Å²) in [5.41, 5.74) is 0.717. The summed E-state index contributed by atoms with van der Waals surface area (Å²) in [5.74, 6) is -0.876.